The lowest BCUT2D eigenvalue weighted by Gasteiger charge is -2.12. The Morgan fingerprint density at radius 3 is 1.62 bits per heavy atom. The average molecular weight is 336 g/mol. The molecule has 0 aliphatic heterocycles. The van der Waals surface area contributed by atoms with E-state index in [1.54, 1.807) is 0 Å². The number of hydrogen-bond acceptors (Lipinski definition) is 0. The number of hydrogen-bond donors (Lipinski definition) is 0. The van der Waals surface area contributed by atoms with Crippen LogP contribution in [0.2, 0.25) is 3.64 Å². The fourth-order valence-corrected chi connectivity index (χ4v) is 13.0. The van der Waals surface area contributed by atoms with Crippen molar-refractivity contribution in [2.75, 3.05) is 0 Å². The van der Waals surface area contributed by atoms with Gasteiger partial charge in [-0.3, -0.25) is 0 Å². The Kier molecular flexibility index (Phi) is 14.0. The maximum absolute atomic E-state index is 5.99. The van der Waals surface area contributed by atoms with Crippen LogP contribution in [0.1, 0.15) is 58.3 Å². The van der Waals surface area contributed by atoms with E-state index in [4.69, 9.17) is 40.2 Å². The maximum atomic E-state index is 5.99. The molecule has 0 nitrogen and oxygen atoms in total. The van der Waals surface area contributed by atoms with Gasteiger partial charge in [0, 0.05) is 0 Å². The summed E-state index contributed by atoms with van der Waals surface area (Å²) >= 11 is -3.34. The molecule has 16 heavy (non-hydrogen) atoms. The zero-order valence-corrected chi connectivity index (χ0v) is 15.2. The van der Waals surface area contributed by atoms with Gasteiger partial charge in [-0.1, -0.05) is 61.9 Å². The summed E-state index contributed by atoms with van der Waals surface area (Å²) < 4.78 is 0.280. The molecule has 94 valence electrons. The Morgan fingerprint density at radius 1 is 0.750 bits per heavy atom. The SMILES string of the molecule is CCCCCCCCC[CH]([Al]([Cl])[Cl])[Al]([Cl])[Cl]. The predicted octanol–water partition coefficient (Wildman–Crippen LogP) is 5.97. The van der Waals surface area contributed by atoms with Crippen molar-refractivity contribution in [1.29, 1.82) is 0 Å². The summed E-state index contributed by atoms with van der Waals surface area (Å²) in [6, 6.07) is 0. The second kappa shape index (κ2) is 12.3. The number of halogens is 4. The van der Waals surface area contributed by atoms with Crippen LogP contribution in [0.5, 0.6) is 0 Å². The molecule has 0 aliphatic rings. The van der Waals surface area contributed by atoms with Crippen LogP contribution in [-0.2, 0) is 0 Å². The molecule has 6 heteroatoms. The van der Waals surface area contributed by atoms with Crippen LogP contribution in [0, 0.1) is 0 Å². The lowest BCUT2D eigenvalue weighted by molar-refractivity contribution is 0.581. The van der Waals surface area contributed by atoms with Gasteiger partial charge >= 0.3 is 24.6 Å². The highest BCUT2D eigenvalue weighted by molar-refractivity contribution is 7.45. The van der Waals surface area contributed by atoms with Crippen LogP contribution >= 0.6 is 40.2 Å². The molecule has 0 saturated heterocycles. The van der Waals surface area contributed by atoms with Gasteiger partial charge in [0.15, 0.2) is 0 Å². The van der Waals surface area contributed by atoms with Gasteiger partial charge in [0.1, 0.15) is 0 Å². The molecule has 0 aromatic carbocycles. The van der Waals surface area contributed by atoms with E-state index in [0.717, 1.165) is 6.42 Å². The second-order valence-corrected chi connectivity index (χ2v) is 15.0. The van der Waals surface area contributed by atoms with Gasteiger partial charge in [-0.05, 0) is 0 Å². The van der Waals surface area contributed by atoms with Crippen molar-refractivity contribution in [3.8, 4) is 0 Å². The first kappa shape index (κ1) is 18.2. The Bertz CT molecular complexity index is 148. The maximum Gasteiger partial charge on any atom is 0.511 e. The molecule has 0 spiro atoms. The van der Waals surface area contributed by atoms with E-state index in [1.165, 1.54) is 44.9 Å². The van der Waals surface area contributed by atoms with Crippen LogP contribution in [0.15, 0.2) is 0 Å². The minimum Gasteiger partial charge on any atom is -0.235 e. The van der Waals surface area contributed by atoms with Gasteiger partial charge in [-0.25, -0.2) is 40.2 Å². The second-order valence-electron chi connectivity index (χ2n) is 4.24. The molecule has 0 bridgehead atoms. The monoisotopic (exact) mass is 334 g/mol. The van der Waals surface area contributed by atoms with Crippen molar-refractivity contribution in [2.45, 2.75) is 61.9 Å². The molecule has 0 aromatic rings. The van der Waals surface area contributed by atoms with Crippen LogP contribution in [0.25, 0.3) is 0 Å². The molecule has 0 aromatic heterocycles. The van der Waals surface area contributed by atoms with E-state index < -0.39 is 24.6 Å². The third-order valence-electron chi connectivity index (χ3n) is 2.79. The number of unbranched alkanes of at least 4 members (excludes halogenated alkanes) is 6. The topological polar surface area (TPSA) is 0 Å². The zero-order chi connectivity index (χ0) is 12.4. The Morgan fingerprint density at radius 2 is 1.19 bits per heavy atom. The van der Waals surface area contributed by atoms with Gasteiger partial charge in [0.05, 0.1) is 0 Å². The highest BCUT2D eigenvalue weighted by Crippen LogP contribution is 2.30. The van der Waals surface area contributed by atoms with Crippen LogP contribution in [-0.4, -0.2) is 24.6 Å². The summed E-state index contributed by atoms with van der Waals surface area (Å²) in [5.41, 5.74) is 0. The van der Waals surface area contributed by atoms with Crippen LogP contribution < -0.4 is 0 Å². The fourth-order valence-electron chi connectivity index (χ4n) is 1.70. The van der Waals surface area contributed by atoms with Crippen molar-refractivity contribution in [3.63, 3.8) is 0 Å². The van der Waals surface area contributed by atoms with E-state index in [1.807, 2.05) is 0 Å². The first-order valence-corrected chi connectivity index (χ1v) is 14.5. The standard InChI is InChI=1S/C10H20.2Al.4ClH/c1-3-5-7-9-10-8-6-4-2;;;;;;/h1H,3-10H2,2H3;;;4*1H/q;2*+2;;;;/p-4. The molecule has 0 N–H and O–H groups in total. The third-order valence-corrected chi connectivity index (χ3v) is 13.9. The largest absolute Gasteiger partial charge is 0.511 e. The third kappa shape index (κ3) is 10.2. The van der Waals surface area contributed by atoms with Gasteiger partial charge in [-0.15, -0.1) is 0 Å². The highest BCUT2D eigenvalue weighted by atomic mass is 35.7. The lowest BCUT2D eigenvalue weighted by atomic mass is 10.1. The van der Waals surface area contributed by atoms with Gasteiger partial charge in [0.25, 0.3) is 0 Å². The molecule has 0 aliphatic carbocycles. The first-order chi connectivity index (χ1) is 7.59. The zero-order valence-electron chi connectivity index (χ0n) is 9.90. The molecular weight excluding hydrogens is 316 g/mol. The molecule has 0 radical (unpaired) electrons. The highest BCUT2D eigenvalue weighted by Gasteiger charge is 2.35. The summed E-state index contributed by atoms with van der Waals surface area (Å²) in [6.45, 7) is 2.24. The van der Waals surface area contributed by atoms with Crippen LogP contribution in [0.4, 0.5) is 0 Å². The van der Waals surface area contributed by atoms with E-state index in [-0.39, 0.29) is 3.64 Å². The molecule has 0 saturated carbocycles. The smallest absolute Gasteiger partial charge is 0.235 e. The Balaban J connectivity index is 3.41. The predicted molar refractivity (Wildman–Crippen MR) is 81.3 cm³/mol. The normalized spacial score (nSPS) is 10.9. The number of rotatable bonds is 10. The summed E-state index contributed by atoms with van der Waals surface area (Å²) in [6.07, 6.45) is 10.2. The van der Waals surface area contributed by atoms with E-state index >= 15 is 0 Å². The van der Waals surface area contributed by atoms with Crippen molar-refractivity contribution >= 4 is 64.8 Å². The quantitative estimate of drug-likeness (QED) is 0.341. The fraction of sp³-hybridized carbons (Fsp3) is 1.00. The minimum atomic E-state index is -1.67. The van der Waals surface area contributed by atoms with Crippen molar-refractivity contribution in [1.82, 2.24) is 0 Å². The molecule has 0 amide bonds. The Labute approximate surface area is 126 Å². The van der Waals surface area contributed by atoms with Crippen LogP contribution in [0.3, 0.4) is 0 Å². The van der Waals surface area contributed by atoms with E-state index in [9.17, 15) is 0 Å². The van der Waals surface area contributed by atoms with Gasteiger partial charge < -0.3 is 0 Å². The molecular formula is C10H20Al2Cl4. The first-order valence-electron chi connectivity index (χ1n) is 6.15. The molecule has 0 unspecified atom stereocenters. The van der Waals surface area contributed by atoms with Crippen molar-refractivity contribution in [2.24, 2.45) is 0 Å². The summed E-state index contributed by atoms with van der Waals surface area (Å²) in [5, 5.41) is 0. The molecule has 0 atom stereocenters. The van der Waals surface area contributed by atoms with E-state index in [2.05, 4.69) is 6.92 Å². The molecule has 0 fully saturated rings. The van der Waals surface area contributed by atoms with Gasteiger partial charge in [0.2, 0.25) is 0 Å². The summed E-state index contributed by atoms with van der Waals surface area (Å²) in [7, 11) is 24.0. The van der Waals surface area contributed by atoms with E-state index in [0.29, 0.717) is 0 Å². The molecule has 0 rings (SSSR count). The molecule has 0 heterocycles. The van der Waals surface area contributed by atoms with Crippen molar-refractivity contribution < 1.29 is 0 Å². The summed E-state index contributed by atoms with van der Waals surface area (Å²) in [4.78, 5) is 0. The lowest BCUT2D eigenvalue weighted by Crippen LogP contribution is -2.18. The van der Waals surface area contributed by atoms with Crippen molar-refractivity contribution in [3.05, 3.63) is 0 Å². The summed E-state index contributed by atoms with van der Waals surface area (Å²) in [5.74, 6) is 0. The van der Waals surface area contributed by atoms with Gasteiger partial charge in [-0.2, -0.15) is 0 Å². The minimum absolute atomic E-state index is 0.280. The average Bonchev–Trinajstić information content (AvgIpc) is 2.21. The Hall–Kier alpha value is 2.22.